The van der Waals surface area contributed by atoms with Gasteiger partial charge in [-0.25, -0.2) is 12.8 Å². The Hall–Kier alpha value is -2.30. The van der Waals surface area contributed by atoms with Crippen LogP contribution in [-0.2, 0) is 10.0 Å². The standard InChI is InChI=1S/C13H9ClFN3O2S/c14-9-5-4-8(7-16)6-12(9)21(19,20)18-13-10(15)2-1-3-11(13)17/h1-6,18H,17H2. The normalized spacial score (nSPS) is 10.9. The SMILES string of the molecule is N#Cc1ccc(Cl)c(S(=O)(=O)Nc2c(N)cccc2F)c1. The Morgan fingerprint density at radius 2 is 2.00 bits per heavy atom. The molecular weight excluding hydrogens is 317 g/mol. The van der Waals surface area contributed by atoms with Gasteiger partial charge in [-0.05, 0) is 30.3 Å². The number of nitriles is 1. The second kappa shape index (κ2) is 5.60. The number of halogens is 2. The molecule has 0 amide bonds. The summed E-state index contributed by atoms with van der Waals surface area (Å²) in [4.78, 5) is -0.328. The molecule has 0 heterocycles. The maximum atomic E-state index is 13.7. The van der Waals surface area contributed by atoms with Crippen LogP contribution < -0.4 is 10.5 Å². The van der Waals surface area contributed by atoms with Gasteiger partial charge in [0, 0.05) is 0 Å². The van der Waals surface area contributed by atoms with Crippen LogP contribution in [0.1, 0.15) is 5.56 Å². The Morgan fingerprint density at radius 1 is 1.29 bits per heavy atom. The average molecular weight is 326 g/mol. The molecule has 0 aromatic heterocycles. The lowest BCUT2D eigenvalue weighted by Crippen LogP contribution is -2.16. The van der Waals surface area contributed by atoms with Crippen LogP contribution in [0.4, 0.5) is 15.8 Å². The Kier molecular flexibility index (Phi) is 4.02. The highest BCUT2D eigenvalue weighted by molar-refractivity contribution is 7.92. The van der Waals surface area contributed by atoms with Crippen LogP contribution in [-0.4, -0.2) is 8.42 Å². The van der Waals surface area contributed by atoms with Crippen LogP contribution in [0.15, 0.2) is 41.3 Å². The summed E-state index contributed by atoms with van der Waals surface area (Å²) in [5.41, 5.74) is 5.23. The van der Waals surface area contributed by atoms with E-state index in [1.165, 1.54) is 24.3 Å². The van der Waals surface area contributed by atoms with Gasteiger partial charge in [0.15, 0.2) is 0 Å². The van der Waals surface area contributed by atoms with Crippen molar-refractivity contribution in [3.8, 4) is 6.07 Å². The summed E-state index contributed by atoms with van der Waals surface area (Å²) in [6.45, 7) is 0. The van der Waals surface area contributed by atoms with Crippen molar-refractivity contribution in [1.82, 2.24) is 0 Å². The zero-order valence-corrected chi connectivity index (χ0v) is 12.0. The number of nitrogens with one attached hydrogen (secondary N) is 1. The Labute approximate surface area is 125 Å². The summed E-state index contributed by atoms with van der Waals surface area (Å²) in [5, 5.41) is 8.72. The molecule has 5 nitrogen and oxygen atoms in total. The van der Waals surface area contributed by atoms with Crippen LogP contribution in [0, 0.1) is 17.1 Å². The molecule has 0 aliphatic heterocycles. The molecule has 0 radical (unpaired) electrons. The van der Waals surface area contributed by atoms with E-state index in [9.17, 15) is 12.8 Å². The van der Waals surface area contributed by atoms with Crippen molar-refractivity contribution in [3.05, 3.63) is 52.8 Å². The highest BCUT2D eigenvalue weighted by Crippen LogP contribution is 2.28. The zero-order valence-electron chi connectivity index (χ0n) is 10.5. The lowest BCUT2D eigenvalue weighted by Gasteiger charge is -2.12. The quantitative estimate of drug-likeness (QED) is 0.848. The second-order valence-electron chi connectivity index (χ2n) is 4.07. The van der Waals surface area contributed by atoms with E-state index in [-0.39, 0.29) is 26.9 Å². The number of anilines is 2. The molecule has 0 spiro atoms. The summed E-state index contributed by atoms with van der Waals surface area (Å²) in [6.07, 6.45) is 0. The molecular formula is C13H9ClFN3O2S. The third kappa shape index (κ3) is 3.07. The number of rotatable bonds is 3. The molecule has 0 bridgehead atoms. The van der Waals surface area contributed by atoms with E-state index in [1.54, 1.807) is 6.07 Å². The number of nitrogens with two attached hydrogens (primary N) is 1. The first-order valence-electron chi connectivity index (χ1n) is 5.61. The fourth-order valence-electron chi connectivity index (χ4n) is 1.62. The van der Waals surface area contributed by atoms with Gasteiger partial charge in [-0.2, -0.15) is 5.26 Å². The molecule has 0 aliphatic rings. The molecule has 2 aromatic rings. The van der Waals surface area contributed by atoms with Crippen LogP contribution in [0.5, 0.6) is 0 Å². The summed E-state index contributed by atoms with van der Waals surface area (Å²) in [6, 6.07) is 9.33. The Morgan fingerprint density at radius 3 is 2.62 bits per heavy atom. The van der Waals surface area contributed by atoms with Crippen LogP contribution in [0.3, 0.4) is 0 Å². The topological polar surface area (TPSA) is 96.0 Å². The fraction of sp³-hybridized carbons (Fsp3) is 0. The zero-order chi connectivity index (χ0) is 15.6. The van der Waals surface area contributed by atoms with E-state index in [2.05, 4.69) is 0 Å². The van der Waals surface area contributed by atoms with Gasteiger partial charge in [-0.15, -0.1) is 0 Å². The molecule has 0 saturated heterocycles. The van der Waals surface area contributed by atoms with Gasteiger partial charge in [0.2, 0.25) is 0 Å². The number of hydrogen-bond acceptors (Lipinski definition) is 4. The van der Waals surface area contributed by atoms with Gasteiger partial charge in [0.05, 0.1) is 22.3 Å². The second-order valence-corrected chi connectivity index (χ2v) is 6.12. The van der Waals surface area contributed by atoms with E-state index in [4.69, 9.17) is 22.6 Å². The van der Waals surface area contributed by atoms with E-state index < -0.39 is 15.8 Å². The number of sulfonamides is 1. The van der Waals surface area contributed by atoms with Gasteiger partial charge in [0.1, 0.15) is 16.4 Å². The van der Waals surface area contributed by atoms with Crippen molar-refractivity contribution in [3.63, 3.8) is 0 Å². The first-order valence-corrected chi connectivity index (χ1v) is 7.48. The molecule has 0 fully saturated rings. The van der Waals surface area contributed by atoms with Gasteiger partial charge in [-0.1, -0.05) is 17.7 Å². The van der Waals surface area contributed by atoms with Crippen LogP contribution in [0.2, 0.25) is 5.02 Å². The maximum Gasteiger partial charge on any atom is 0.263 e. The molecule has 3 N–H and O–H groups in total. The minimum atomic E-state index is -4.17. The molecule has 108 valence electrons. The molecule has 21 heavy (non-hydrogen) atoms. The van der Waals surface area contributed by atoms with E-state index in [1.807, 2.05) is 4.72 Å². The van der Waals surface area contributed by atoms with Crippen LogP contribution >= 0.6 is 11.6 Å². The highest BCUT2D eigenvalue weighted by atomic mass is 35.5. The molecule has 0 unspecified atom stereocenters. The smallest absolute Gasteiger partial charge is 0.263 e. The van der Waals surface area contributed by atoms with Gasteiger partial charge in [0.25, 0.3) is 10.0 Å². The molecule has 0 atom stereocenters. The summed E-state index contributed by atoms with van der Waals surface area (Å²) >= 11 is 5.83. The number of benzene rings is 2. The molecule has 0 aliphatic carbocycles. The minimum absolute atomic E-state index is 0.0638. The van der Waals surface area contributed by atoms with E-state index in [0.29, 0.717) is 0 Å². The summed E-state index contributed by atoms with van der Waals surface area (Å²) in [7, 11) is -4.17. The number of hydrogen-bond donors (Lipinski definition) is 2. The summed E-state index contributed by atoms with van der Waals surface area (Å²) < 4.78 is 40.2. The number of para-hydroxylation sites is 1. The predicted molar refractivity (Wildman–Crippen MR) is 77.8 cm³/mol. The van der Waals surface area contributed by atoms with Crippen molar-refractivity contribution < 1.29 is 12.8 Å². The third-order valence-electron chi connectivity index (χ3n) is 2.63. The molecule has 2 rings (SSSR count). The number of nitrogen functional groups attached to an aromatic ring is 1. The monoisotopic (exact) mass is 325 g/mol. The lowest BCUT2D eigenvalue weighted by molar-refractivity contribution is 0.598. The van der Waals surface area contributed by atoms with Crippen molar-refractivity contribution in [2.75, 3.05) is 10.5 Å². The van der Waals surface area contributed by atoms with Gasteiger partial charge in [-0.3, -0.25) is 4.72 Å². The van der Waals surface area contributed by atoms with Crippen molar-refractivity contribution in [2.24, 2.45) is 0 Å². The maximum absolute atomic E-state index is 13.7. The van der Waals surface area contributed by atoms with Crippen molar-refractivity contribution in [2.45, 2.75) is 4.90 Å². The van der Waals surface area contributed by atoms with Crippen molar-refractivity contribution >= 4 is 33.0 Å². The van der Waals surface area contributed by atoms with Crippen molar-refractivity contribution in [1.29, 1.82) is 5.26 Å². The number of nitrogens with zero attached hydrogens (tertiary/aromatic N) is 1. The lowest BCUT2D eigenvalue weighted by atomic mass is 10.2. The predicted octanol–water partition coefficient (Wildman–Crippen LogP) is 2.73. The Bertz CT molecular complexity index is 827. The first-order chi connectivity index (χ1) is 9.85. The van der Waals surface area contributed by atoms with E-state index in [0.717, 1.165) is 12.1 Å². The highest BCUT2D eigenvalue weighted by Gasteiger charge is 2.21. The largest absolute Gasteiger partial charge is 0.397 e. The third-order valence-corrected chi connectivity index (χ3v) is 4.46. The van der Waals surface area contributed by atoms with Gasteiger partial charge >= 0.3 is 0 Å². The Balaban J connectivity index is 2.51. The molecule has 8 heteroatoms. The minimum Gasteiger partial charge on any atom is -0.397 e. The van der Waals surface area contributed by atoms with E-state index >= 15 is 0 Å². The first kappa shape index (κ1) is 15.1. The average Bonchev–Trinajstić information content (AvgIpc) is 2.43. The fourth-order valence-corrected chi connectivity index (χ4v) is 3.24. The molecule has 0 saturated carbocycles. The van der Waals surface area contributed by atoms with Gasteiger partial charge < -0.3 is 5.73 Å². The molecule has 2 aromatic carbocycles. The van der Waals surface area contributed by atoms with Crippen LogP contribution in [0.25, 0.3) is 0 Å². The summed E-state index contributed by atoms with van der Waals surface area (Å²) in [5.74, 6) is -0.814.